The van der Waals surface area contributed by atoms with Crippen molar-refractivity contribution in [1.82, 2.24) is 0 Å². The molecule has 0 radical (unpaired) electrons. The molecular formula is C31H23F2N. The van der Waals surface area contributed by atoms with Gasteiger partial charge in [0.1, 0.15) is 5.82 Å². The van der Waals surface area contributed by atoms with E-state index in [1.54, 1.807) is 36.2 Å². The summed E-state index contributed by atoms with van der Waals surface area (Å²) in [6.45, 7) is 0. The van der Waals surface area contributed by atoms with Crippen molar-refractivity contribution >= 4 is 11.4 Å². The molecule has 0 aliphatic rings. The topological polar surface area (TPSA) is 3.24 Å². The lowest BCUT2D eigenvalue weighted by atomic mass is 9.94. The van der Waals surface area contributed by atoms with Gasteiger partial charge in [0, 0.05) is 18.2 Å². The molecule has 0 aromatic heterocycles. The van der Waals surface area contributed by atoms with Gasteiger partial charge >= 0.3 is 0 Å². The van der Waals surface area contributed by atoms with Crippen LogP contribution in [0.1, 0.15) is 0 Å². The molecule has 0 fully saturated rings. The van der Waals surface area contributed by atoms with Crippen LogP contribution in [-0.4, -0.2) is 7.05 Å². The second kappa shape index (κ2) is 9.32. The average molecular weight is 448 g/mol. The Labute approximate surface area is 198 Å². The monoisotopic (exact) mass is 447 g/mol. The maximum Gasteiger partial charge on any atom is 0.155 e. The highest BCUT2D eigenvalue weighted by atomic mass is 19.1. The molecule has 0 aliphatic heterocycles. The van der Waals surface area contributed by atoms with Crippen molar-refractivity contribution < 1.29 is 8.78 Å². The summed E-state index contributed by atoms with van der Waals surface area (Å²) in [4.78, 5) is 1.60. The SMILES string of the molecule is CN(c1ccccc1F)c1c(-c2cccc(-c3ccccc3)c2)ccc(-c2ccccc2)c1F. The van der Waals surface area contributed by atoms with Crippen molar-refractivity contribution in [3.8, 4) is 33.4 Å². The molecule has 0 spiro atoms. The zero-order valence-electron chi connectivity index (χ0n) is 18.8. The summed E-state index contributed by atoms with van der Waals surface area (Å²) in [6, 6.07) is 37.6. The lowest BCUT2D eigenvalue weighted by Gasteiger charge is -2.25. The quantitative estimate of drug-likeness (QED) is 0.260. The normalized spacial score (nSPS) is 10.8. The Morgan fingerprint density at radius 1 is 0.500 bits per heavy atom. The molecule has 0 aliphatic carbocycles. The molecule has 5 aromatic rings. The van der Waals surface area contributed by atoms with E-state index >= 15 is 4.39 Å². The van der Waals surface area contributed by atoms with Crippen molar-refractivity contribution in [3.63, 3.8) is 0 Å². The summed E-state index contributed by atoms with van der Waals surface area (Å²) in [6.07, 6.45) is 0. The van der Waals surface area contributed by atoms with Gasteiger partial charge in [0.15, 0.2) is 5.82 Å². The molecule has 0 unspecified atom stereocenters. The summed E-state index contributed by atoms with van der Waals surface area (Å²) in [5.41, 5.74) is 5.55. The average Bonchev–Trinajstić information content (AvgIpc) is 2.89. The van der Waals surface area contributed by atoms with Crippen molar-refractivity contribution in [1.29, 1.82) is 0 Å². The van der Waals surface area contributed by atoms with Crippen LogP contribution in [-0.2, 0) is 0 Å². The van der Waals surface area contributed by atoms with E-state index in [0.717, 1.165) is 22.3 Å². The van der Waals surface area contributed by atoms with Crippen molar-refractivity contribution in [3.05, 3.63) is 133 Å². The molecule has 166 valence electrons. The molecule has 0 N–H and O–H groups in total. The van der Waals surface area contributed by atoms with Crippen LogP contribution in [0, 0.1) is 11.6 Å². The summed E-state index contributed by atoms with van der Waals surface area (Å²) in [5.74, 6) is -0.793. The Morgan fingerprint density at radius 2 is 1.06 bits per heavy atom. The summed E-state index contributed by atoms with van der Waals surface area (Å²) >= 11 is 0. The molecule has 0 amide bonds. The highest BCUT2D eigenvalue weighted by Gasteiger charge is 2.22. The fourth-order valence-electron chi connectivity index (χ4n) is 4.31. The van der Waals surface area contributed by atoms with E-state index < -0.39 is 5.82 Å². The molecule has 34 heavy (non-hydrogen) atoms. The Balaban J connectivity index is 1.72. The Hall–Kier alpha value is -4.24. The minimum absolute atomic E-state index is 0.312. The first-order valence-electron chi connectivity index (χ1n) is 11.2. The first-order chi connectivity index (χ1) is 16.6. The third-order valence-corrected chi connectivity index (χ3v) is 6.03. The van der Waals surface area contributed by atoms with Crippen LogP contribution in [0.3, 0.4) is 0 Å². The van der Waals surface area contributed by atoms with Crippen LogP contribution in [0.15, 0.2) is 121 Å². The Kier molecular flexibility index (Phi) is 5.92. The van der Waals surface area contributed by atoms with Crippen LogP contribution >= 0.6 is 0 Å². The number of nitrogens with zero attached hydrogens (tertiary/aromatic N) is 1. The second-order valence-electron chi connectivity index (χ2n) is 8.15. The van der Waals surface area contributed by atoms with Crippen molar-refractivity contribution in [2.45, 2.75) is 0 Å². The first kappa shape index (κ1) is 21.6. The van der Waals surface area contributed by atoms with E-state index in [9.17, 15) is 4.39 Å². The van der Waals surface area contributed by atoms with Crippen LogP contribution in [0.25, 0.3) is 33.4 Å². The number of para-hydroxylation sites is 1. The zero-order chi connectivity index (χ0) is 23.5. The Bertz CT molecular complexity index is 1430. The van der Waals surface area contributed by atoms with Gasteiger partial charge in [-0.15, -0.1) is 0 Å². The molecule has 3 heteroatoms. The number of hydrogen-bond acceptors (Lipinski definition) is 1. The van der Waals surface area contributed by atoms with Gasteiger partial charge in [-0.2, -0.15) is 0 Å². The van der Waals surface area contributed by atoms with E-state index in [2.05, 4.69) is 0 Å². The van der Waals surface area contributed by atoms with Crippen molar-refractivity contribution in [2.24, 2.45) is 0 Å². The molecule has 0 saturated heterocycles. The van der Waals surface area contributed by atoms with E-state index in [0.29, 0.717) is 22.5 Å². The second-order valence-corrected chi connectivity index (χ2v) is 8.15. The van der Waals surface area contributed by atoms with Gasteiger partial charge in [-0.05, 0) is 40.5 Å². The standard InChI is InChI=1S/C31H23F2N/c1-34(29-18-9-8-17-28(29)32)31-27(20-19-26(30(31)33)23-13-6-3-7-14-23)25-16-10-15-24(21-25)22-11-4-2-5-12-22/h2-21H,1H3. The lowest BCUT2D eigenvalue weighted by molar-refractivity contribution is 0.619. The maximum absolute atomic E-state index is 16.2. The largest absolute Gasteiger partial charge is 0.339 e. The molecular weight excluding hydrogens is 424 g/mol. The number of anilines is 2. The molecule has 0 atom stereocenters. The van der Waals surface area contributed by atoms with Gasteiger partial charge in [-0.1, -0.05) is 103 Å². The Morgan fingerprint density at radius 3 is 1.76 bits per heavy atom. The van der Waals surface area contributed by atoms with Gasteiger partial charge in [-0.25, -0.2) is 8.78 Å². The lowest BCUT2D eigenvalue weighted by Crippen LogP contribution is -2.14. The predicted octanol–water partition coefficient (Wildman–Crippen LogP) is 8.73. The smallest absolute Gasteiger partial charge is 0.155 e. The fourth-order valence-corrected chi connectivity index (χ4v) is 4.31. The van der Waals surface area contributed by atoms with Gasteiger partial charge < -0.3 is 4.90 Å². The molecule has 1 nitrogen and oxygen atoms in total. The van der Waals surface area contributed by atoms with E-state index in [-0.39, 0.29) is 5.82 Å². The highest BCUT2D eigenvalue weighted by molar-refractivity contribution is 5.88. The zero-order valence-corrected chi connectivity index (χ0v) is 18.8. The maximum atomic E-state index is 16.2. The third kappa shape index (κ3) is 4.08. The molecule has 0 bridgehead atoms. The van der Waals surface area contributed by atoms with E-state index in [1.807, 2.05) is 91.0 Å². The number of benzene rings is 5. The summed E-state index contributed by atoms with van der Waals surface area (Å²) < 4.78 is 31.0. The molecule has 5 rings (SSSR count). The van der Waals surface area contributed by atoms with E-state index in [4.69, 9.17) is 0 Å². The number of halogens is 2. The minimum atomic E-state index is -0.404. The minimum Gasteiger partial charge on any atom is -0.339 e. The van der Waals surface area contributed by atoms with Gasteiger partial charge in [-0.3, -0.25) is 0 Å². The van der Waals surface area contributed by atoms with Gasteiger partial charge in [0.2, 0.25) is 0 Å². The van der Waals surface area contributed by atoms with Crippen LogP contribution in [0.5, 0.6) is 0 Å². The number of hydrogen-bond donors (Lipinski definition) is 0. The van der Waals surface area contributed by atoms with Crippen molar-refractivity contribution in [2.75, 3.05) is 11.9 Å². The van der Waals surface area contributed by atoms with Crippen LogP contribution in [0.4, 0.5) is 20.2 Å². The van der Waals surface area contributed by atoms with Crippen LogP contribution in [0.2, 0.25) is 0 Å². The van der Waals surface area contributed by atoms with Gasteiger partial charge in [0.05, 0.1) is 11.4 Å². The summed E-state index contributed by atoms with van der Waals surface area (Å²) in [5, 5.41) is 0. The van der Waals surface area contributed by atoms with Gasteiger partial charge in [0.25, 0.3) is 0 Å². The molecule has 0 saturated carbocycles. The third-order valence-electron chi connectivity index (χ3n) is 6.03. The molecule has 0 heterocycles. The first-order valence-corrected chi connectivity index (χ1v) is 11.2. The summed E-state index contributed by atoms with van der Waals surface area (Å²) in [7, 11) is 1.70. The number of rotatable bonds is 5. The predicted molar refractivity (Wildman–Crippen MR) is 137 cm³/mol. The van der Waals surface area contributed by atoms with Crippen LogP contribution < -0.4 is 4.90 Å². The highest BCUT2D eigenvalue weighted by Crippen LogP contribution is 2.42. The molecule has 5 aromatic carbocycles. The van der Waals surface area contributed by atoms with E-state index in [1.165, 1.54) is 6.07 Å². The fraction of sp³-hybridized carbons (Fsp3) is 0.0323.